The van der Waals surface area contributed by atoms with E-state index in [9.17, 15) is 0 Å². The van der Waals surface area contributed by atoms with Gasteiger partial charge in [0, 0.05) is 39.1 Å². The number of nitrogens with zero attached hydrogens (tertiary/aromatic N) is 4. The third-order valence-electron chi connectivity index (χ3n) is 3.97. The molecule has 0 amide bonds. The summed E-state index contributed by atoms with van der Waals surface area (Å²) in [4.78, 5) is 9.15. The van der Waals surface area contributed by atoms with E-state index in [0.717, 1.165) is 63.7 Å². The summed E-state index contributed by atoms with van der Waals surface area (Å²) in [6.07, 6.45) is 3.15. The normalized spacial score (nSPS) is 19.4. The number of aryl methyl sites for hydroxylation is 1. The third-order valence-corrected chi connectivity index (χ3v) is 3.97. The smallest absolute Gasteiger partial charge is 0.243 e. The lowest BCUT2D eigenvalue weighted by Crippen LogP contribution is -2.47. The van der Waals surface area contributed by atoms with Gasteiger partial charge in [0.2, 0.25) is 5.89 Å². The minimum atomic E-state index is 0.175. The minimum absolute atomic E-state index is 0.175. The summed E-state index contributed by atoms with van der Waals surface area (Å²) < 4.78 is 5.39. The second kappa shape index (κ2) is 7.71. The van der Waals surface area contributed by atoms with Gasteiger partial charge < -0.3 is 9.63 Å². The van der Waals surface area contributed by atoms with E-state index < -0.39 is 0 Å². The molecule has 0 bridgehead atoms. The quantitative estimate of drug-likeness (QED) is 0.807. The molecule has 6 heteroatoms. The first-order valence-electron chi connectivity index (χ1n) is 7.64. The van der Waals surface area contributed by atoms with Gasteiger partial charge in [-0.25, -0.2) is 0 Å². The van der Waals surface area contributed by atoms with Crippen LogP contribution in [0, 0.1) is 0 Å². The van der Waals surface area contributed by atoms with Crippen molar-refractivity contribution < 1.29 is 9.63 Å². The van der Waals surface area contributed by atoms with Crippen LogP contribution in [0.5, 0.6) is 0 Å². The Morgan fingerprint density at radius 3 is 2.70 bits per heavy atom. The summed E-state index contributed by atoms with van der Waals surface area (Å²) in [6, 6.07) is 0.175. The van der Waals surface area contributed by atoms with Crippen LogP contribution in [0.1, 0.15) is 44.4 Å². The van der Waals surface area contributed by atoms with Crippen molar-refractivity contribution in [1.82, 2.24) is 19.9 Å². The van der Waals surface area contributed by atoms with Crippen LogP contribution in [-0.4, -0.2) is 64.4 Å². The largest absolute Gasteiger partial charge is 0.395 e. The molecule has 114 valence electrons. The van der Waals surface area contributed by atoms with E-state index in [-0.39, 0.29) is 12.6 Å². The van der Waals surface area contributed by atoms with Gasteiger partial charge >= 0.3 is 0 Å². The van der Waals surface area contributed by atoms with Crippen molar-refractivity contribution in [3.63, 3.8) is 0 Å². The zero-order chi connectivity index (χ0) is 14.4. The topological polar surface area (TPSA) is 65.6 Å². The van der Waals surface area contributed by atoms with E-state index in [0.29, 0.717) is 0 Å². The number of piperazine rings is 1. The fourth-order valence-corrected chi connectivity index (χ4v) is 2.55. The molecule has 2 heterocycles. The Kier molecular flexibility index (Phi) is 5.94. The number of β-amino-alcohol motifs (C(OH)–C–C–N with tert-alkyl or cyclic N) is 1. The molecule has 1 fully saturated rings. The van der Waals surface area contributed by atoms with Gasteiger partial charge in [0.15, 0.2) is 5.82 Å². The molecule has 6 nitrogen and oxygen atoms in total. The van der Waals surface area contributed by atoms with Gasteiger partial charge in [-0.1, -0.05) is 18.5 Å². The predicted octanol–water partition coefficient (Wildman–Crippen LogP) is 1.08. The minimum Gasteiger partial charge on any atom is -0.395 e. The summed E-state index contributed by atoms with van der Waals surface area (Å²) in [5.41, 5.74) is 0. The summed E-state index contributed by atoms with van der Waals surface area (Å²) >= 11 is 0. The van der Waals surface area contributed by atoms with Crippen LogP contribution in [0.2, 0.25) is 0 Å². The lowest BCUT2D eigenvalue weighted by molar-refractivity contribution is 0.0776. The average molecular weight is 282 g/mol. The van der Waals surface area contributed by atoms with Crippen molar-refractivity contribution in [1.29, 1.82) is 0 Å². The number of aliphatic hydroxyl groups excluding tert-OH is 1. The monoisotopic (exact) mass is 282 g/mol. The predicted molar refractivity (Wildman–Crippen MR) is 76.4 cm³/mol. The van der Waals surface area contributed by atoms with Crippen LogP contribution in [-0.2, 0) is 6.42 Å². The van der Waals surface area contributed by atoms with E-state index in [1.165, 1.54) is 0 Å². The van der Waals surface area contributed by atoms with E-state index in [4.69, 9.17) is 9.63 Å². The number of rotatable bonds is 7. The Balaban J connectivity index is 1.85. The summed E-state index contributed by atoms with van der Waals surface area (Å²) in [5, 5.41) is 13.0. The Morgan fingerprint density at radius 1 is 1.30 bits per heavy atom. The molecule has 1 aliphatic heterocycles. The summed E-state index contributed by atoms with van der Waals surface area (Å²) in [7, 11) is 0. The highest BCUT2D eigenvalue weighted by Crippen LogP contribution is 2.20. The average Bonchev–Trinajstić information content (AvgIpc) is 2.94. The lowest BCUT2D eigenvalue weighted by atomic mass is 10.2. The molecule has 0 aromatic carbocycles. The molecule has 0 saturated carbocycles. The van der Waals surface area contributed by atoms with Crippen molar-refractivity contribution in [2.75, 3.05) is 39.3 Å². The number of hydrogen-bond donors (Lipinski definition) is 1. The van der Waals surface area contributed by atoms with E-state index in [1.54, 1.807) is 0 Å². The molecule has 1 N–H and O–H groups in total. The SMILES string of the molecule is CCCCc1noc(C(C)N2CCN(CCO)CC2)n1. The van der Waals surface area contributed by atoms with Crippen molar-refractivity contribution in [3.05, 3.63) is 11.7 Å². The number of aromatic nitrogens is 2. The molecule has 1 aromatic heterocycles. The first-order valence-corrected chi connectivity index (χ1v) is 7.64. The lowest BCUT2D eigenvalue weighted by Gasteiger charge is -2.36. The zero-order valence-corrected chi connectivity index (χ0v) is 12.6. The molecular formula is C14H26N4O2. The van der Waals surface area contributed by atoms with Crippen LogP contribution in [0.25, 0.3) is 0 Å². The Hall–Kier alpha value is -0.980. The van der Waals surface area contributed by atoms with Crippen molar-refractivity contribution >= 4 is 0 Å². The Morgan fingerprint density at radius 2 is 2.05 bits per heavy atom. The van der Waals surface area contributed by atoms with Gasteiger partial charge in [0.1, 0.15) is 0 Å². The molecule has 0 aliphatic carbocycles. The maximum Gasteiger partial charge on any atom is 0.243 e. The van der Waals surface area contributed by atoms with E-state index in [2.05, 4.69) is 33.8 Å². The molecular weight excluding hydrogens is 256 g/mol. The molecule has 2 rings (SSSR count). The van der Waals surface area contributed by atoms with Gasteiger partial charge in [0.05, 0.1) is 12.6 Å². The van der Waals surface area contributed by atoms with Crippen LogP contribution in [0.3, 0.4) is 0 Å². The molecule has 1 aliphatic rings. The van der Waals surface area contributed by atoms with Gasteiger partial charge in [0.25, 0.3) is 0 Å². The highest BCUT2D eigenvalue weighted by atomic mass is 16.5. The molecule has 0 spiro atoms. The van der Waals surface area contributed by atoms with Crippen LogP contribution in [0.15, 0.2) is 4.52 Å². The fourth-order valence-electron chi connectivity index (χ4n) is 2.55. The van der Waals surface area contributed by atoms with Crippen molar-refractivity contribution in [2.24, 2.45) is 0 Å². The maximum atomic E-state index is 8.96. The first kappa shape index (κ1) is 15.4. The Labute approximate surface area is 120 Å². The van der Waals surface area contributed by atoms with Gasteiger partial charge in [-0.3, -0.25) is 9.80 Å². The molecule has 0 radical (unpaired) electrons. The molecule has 1 aromatic rings. The number of unbranched alkanes of at least 4 members (excludes halogenated alkanes) is 1. The summed E-state index contributed by atoms with van der Waals surface area (Å²) in [5.74, 6) is 1.55. The zero-order valence-electron chi connectivity index (χ0n) is 12.6. The highest BCUT2D eigenvalue weighted by molar-refractivity contribution is 4.93. The second-order valence-corrected chi connectivity index (χ2v) is 5.43. The van der Waals surface area contributed by atoms with Crippen molar-refractivity contribution in [2.45, 2.75) is 39.2 Å². The number of hydrogen-bond acceptors (Lipinski definition) is 6. The highest BCUT2D eigenvalue weighted by Gasteiger charge is 2.25. The molecule has 1 saturated heterocycles. The third kappa shape index (κ3) is 4.01. The maximum absolute atomic E-state index is 8.96. The van der Waals surface area contributed by atoms with Crippen LogP contribution < -0.4 is 0 Å². The van der Waals surface area contributed by atoms with Gasteiger partial charge in [-0.05, 0) is 13.3 Å². The molecule has 1 atom stereocenters. The standard InChI is InChI=1S/C14H26N4O2/c1-3-4-5-13-15-14(20-16-13)12(2)18-8-6-17(7-9-18)10-11-19/h12,19H,3-11H2,1-2H3. The van der Waals surface area contributed by atoms with Gasteiger partial charge in [-0.15, -0.1) is 0 Å². The van der Waals surface area contributed by atoms with Crippen molar-refractivity contribution in [3.8, 4) is 0 Å². The van der Waals surface area contributed by atoms with Gasteiger partial charge in [-0.2, -0.15) is 4.98 Å². The fraction of sp³-hybridized carbons (Fsp3) is 0.857. The first-order chi connectivity index (χ1) is 9.74. The number of aliphatic hydroxyl groups is 1. The van der Waals surface area contributed by atoms with E-state index >= 15 is 0 Å². The van der Waals surface area contributed by atoms with E-state index in [1.807, 2.05) is 0 Å². The van der Waals surface area contributed by atoms with Crippen LogP contribution >= 0.6 is 0 Å². The second-order valence-electron chi connectivity index (χ2n) is 5.43. The molecule has 1 unspecified atom stereocenters. The Bertz CT molecular complexity index is 388. The van der Waals surface area contributed by atoms with Crippen LogP contribution in [0.4, 0.5) is 0 Å². The molecule has 20 heavy (non-hydrogen) atoms. The summed E-state index contributed by atoms with van der Waals surface area (Å²) in [6.45, 7) is 9.23.